The molecule has 5 nitrogen and oxygen atoms in total. The van der Waals surface area contributed by atoms with Crippen LogP contribution in [0.1, 0.15) is 18.5 Å². The number of ether oxygens (including phenoxy) is 2. The molecule has 0 radical (unpaired) electrons. The van der Waals surface area contributed by atoms with Gasteiger partial charge >= 0.3 is 12.1 Å². The molecule has 0 spiro atoms. The Balaban J connectivity index is 2.18. The Morgan fingerprint density at radius 1 is 1.28 bits per heavy atom. The number of rotatable bonds is 3. The van der Waals surface area contributed by atoms with Crippen molar-refractivity contribution < 1.29 is 19.1 Å². The summed E-state index contributed by atoms with van der Waals surface area (Å²) in [7, 11) is 1.31. The molecule has 96 valence electrons. The van der Waals surface area contributed by atoms with Crippen LogP contribution in [0.15, 0.2) is 30.3 Å². The van der Waals surface area contributed by atoms with E-state index >= 15 is 0 Å². The Morgan fingerprint density at radius 3 is 2.50 bits per heavy atom. The van der Waals surface area contributed by atoms with Gasteiger partial charge in [-0.3, -0.25) is 4.90 Å². The van der Waals surface area contributed by atoms with Crippen LogP contribution in [0.25, 0.3) is 0 Å². The number of nitrogens with zero attached hydrogens (tertiary/aromatic N) is 1. The molecule has 1 aromatic rings. The minimum absolute atomic E-state index is 0.280. The van der Waals surface area contributed by atoms with Gasteiger partial charge in [-0.15, -0.1) is 0 Å². The Bertz CT molecular complexity index is 446. The van der Waals surface area contributed by atoms with Gasteiger partial charge in [0.2, 0.25) is 0 Å². The van der Waals surface area contributed by atoms with Crippen molar-refractivity contribution in [2.45, 2.75) is 19.0 Å². The van der Waals surface area contributed by atoms with E-state index in [1.165, 1.54) is 12.0 Å². The topological polar surface area (TPSA) is 55.6 Å². The summed E-state index contributed by atoms with van der Waals surface area (Å²) in [6.07, 6.45) is -0.484. The lowest BCUT2D eigenvalue weighted by molar-refractivity contribution is -0.140. The molecule has 1 aromatic carbocycles. The zero-order valence-electron chi connectivity index (χ0n) is 10.3. The normalized spacial score (nSPS) is 21.3. The van der Waals surface area contributed by atoms with Crippen LogP contribution in [-0.4, -0.2) is 36.7 Å². The molecular formula is C13H15NO4. The molecule has 0 saturated carbocycles. The molecule has 1 aliphatic rings. The van der Waals surface area contributed by atoms with Crippen LogP contribution < -0.4 is 0 Å². The van der Waals surface area contributed by atoms with E-state index in [1.54, 1.807) is 6.92 Å². The number of esters is 1. The summed E-state index contributed by atoms with van der Waals surface area (Å²) >= 11 is 0. The van der Waals surface area contributed by atoms with E-state index < -0.39 is 18.1 Å². The SMILES string of the molecule is CCOC(=O)N1[C@H](C(=O)OC)[C@H]1c1ccccc1. The fourth-order valence-corrected chi connectivity index (χ4v) is 2.01. The van der Waals surface area contributed by atoms with E-state index in [1.807, 2.05) is 30.3 Å². The second-order valence-electron chi connectivity index (χ2n) is 3.93. The highest BCUT2D eigenvalue weighted by Crippen LogP contribution is 2.44. The molecule has 0 N–H and O–H groups in total. The lowest BCUT2D eigenvalue weighted by Gasteiger charge is -2.04. The second kappa shape index (κ2) is 5.08. The maximum atomic E-state index is 11.7. The number of benzene rings is 1. The van der Waals surface area contributed by atoms with Gasteiger partial charge in [-0.25, -0.2) is 9.59 Å². The van der Waals surface area contributed by atoms with Crippen LogP contribution in [0.5, 0.6) is 0 Å². The van der Waals surface area contributed by atoms with E-state index in [0.29, 0.717) is 0 Å². The molecule has 2 rings (SSSR count). The van der Waals surface area contributed by atoms with E-state index in [0.717, 1.165) is 5.56 Å². The third kappa shape index (κ3) is 2.16. The van der Waals surface area contributed by atoms with Crippen molar-refractivity contribution in [1.29, 1.82) is 0 Å². The van der Waals surface area contributed by atoms with Gasteiger partial charge in [0, 0.05) is 0 Å². The fraction of sp³-hybridized carbons (Fsp3) is 0.385. The van der Waals surface area contributed by atoms with Gasteiger partial charge < -0.3 is 9.47 Å². The van der Waals surface area contributed by atoms with Crippen molar-refractivity contribution in [3.8, 4) is 0 Å². The highest BCUT2D eigenvalue weighted by molar-refractivity contribution is 5.88. The van der Waals surface area contributed by atoms with Crippen molar-refractivity contribution in [1.82, 2.24) is 4.90 Å². The summed E-state index contributed by atoms with van der Waals surface area (Å²) < 4.78 is 9.62. The van der Waals surface area contributed by atoms with Crippen LogP contribution in [0.3, 0.4) is 0 Å². The minimum Gasteiger partial charge on any atom is -0.467 e. The molecule has 0 aliphatic carbocycles. The summed E-state index contributed by atoms with van der Waals surface area (Å²) in [5.41, 5.74) is 0.904. The van der Waals surface area contributed by atoms with E-state index in [-0.39, 0.29) is 12.6 Å². The van der Waals surface area contributed by atoms with Crippen LogP contribution in [-0.2, 0) is 14.3 Å². The van der Waals surface area contributed by atoms with Gasteiger partial charge in [0.15, 0.2) is 6.04 Å². The number of hydrogen-bond donors (Lipinski definition) is 0. The van der Waals surface area contributed by atoms with Crippen molar-refractivity contribution in [3.05, 3.63) is 35.9 Å². The zero-order chi connectivity index (χ0) is 13.1. The monoisotopic (exact) mass is 249 g/mol. The smallest absolute Gasteiger partial charge is 0.411 e. The molecule has 0 bridgehead atoms. The molecule has 2 atom stereocenters. The zero-order valence-corrected chi connectivity index (χ0v) is 10.3. The van der Waals surface area contributed by atoms with Crippen LogP contribution >= 0.6 is 0 Å². The molecule has 1 amide bonds. The van der Waals surface area contributed by atoms with Gasteiger partial charge in [-0.1, -0.05) is 30.3 Å². The van der Waals surface area contributed by atoms with Gasteiger partial charge in [0.1, 0.15) is 0 Å². The van der Waals surface area contributed by atoms with E-state index in [2.05, 4.69) is 0 Å². The predicted molar refractivity (Wildman–Crippen MR) is 63.8 cm³/mol. The van der Waals surface area contributed by atoms with Gasteiger partial charge in [-0.05, 0) is 12.5 Å². The lowest BCUT2D eigenvalue weighted by atomic mass is 10.1. The quantitative estimate of drug-likeness (QED) is 0.605. The molecule has 18 heavy (non-hydrogen) atoms. The molecular weight excluding hydrogens is 234 g/mol. The highest BCUT2D eigenvalue weighted by Gasteiger charge is 2.58. The van der Waals surface area contributed by atoms with Gasteiger partial charge in [0.05, 0.1) is 19.8 Å². The number of carbonyl (C=O) groups excluding carboxylic acids is 2. The first kappa shape index (κ1) is 12.4. The van der Waals surface area contributed by atoms with Crippen molar-refractivity contribution in [2.75, 3.05) is 13.7 Å². The van der Waals surface area contributed by atoms with Crippen LogP contribution in [0.2, 0.25) is 0 Å². The van der Waals surface area contributed by atoms with E-state index in [9.17, 15) is 9.59 Å². The number of carbonyl (C=O) groups is 2. The van der Waals surface area contributed by atoms with Gasteiger partial charge in [-0.2, -0.15) is 0 Å². The number of amides is 1. The summed E-state index contributed by atoms with van der Waals surface area (Å²) in [4.78, 5) is 24.7. The molecule has 5 heteroatoms. The molecule has 1 fully saturated rings. The molecule has 0 aromatic heterocycles. The third-order valence-corrected chi connectivity index (χ3v) is 2.87. The van der Waals surface area contributed by atoms with Gasteiger partial charge in [0.25, 0.3) is 0 Å². The Labute approximate surface area is 105 Å². The lowest BCUT2D eigenvalue weighted by Crippen LogP contribution is -2.20. The van der Waals surface area contributed by atoms with E-state index in [4.69, 9.17) is 9.47 Å². The average molecular weight is 249 g/mol. The fourth-order valence-electron chi connectivity index (χ4n) is 2.01. The van der Waals surface area contributed by atoms with Crippen molar-refractivity contribution >= 4 is 12.1 Å². The first-order valence-corrected chi connectivity index (χ1v) is 5.78. The summed E-state index contributed by atoms with van der Waals surface area (Å²) in [6, 6.07) is 8.51. The molecule has 1 aliphatic heterocycles. The first-order chi connectivity index (χ1) is 8.70. The van der Waals surface area contributed by atoms with Crippen LogP contribution in [0.4, 0.5) is 4.79 Å². The number of hydrogen-bond acceptors (Lipinski definition) is 4. The second-order valence-corrected chi connectivity index (χ2v) is 3.93. The molecule has 0 unspecified atom stereocenters. The maximum absolute atomic E-state index is 11.7. The highest BCUT2D eigenvalue weighted by atomic mass is 16.6. The summed E-state index contributed by atoms with van der Waals surface area (Å²) in [6.45, 7) is 2.01. The molecule has 1 saturated heterocycles. The summed E-state index contributed by atoms with van der Waals surface area (Å²) in [5.74, 6) is -0.420. The molecule has 1 heterocycles. The Morgan fingerprint density at radius 2 is 1.94 bits per heavy atom. The Hall–Kier alpha value is -2.04. The first-order valence-electron chi connectivity index (χ1n) is 5.78. The Kier molecular flexibility index (Phi) is 3.50. The summed E-state index contributed by atoms with van der Waals surface area (Å²) in [5, 5.41) is 0. The van der Waals surface area contributed by atoms with Crippen molar-refractivity contribution in [2.24, 2.45) is 0 Å². The minimum atomic E-state index is -0.573. The number of methoxy groups -OCH3 is 1. The third-order valence-electron chi connectivity index (χ3n) is 2.87. The standard InChI is InChI=1S/C13H15NO4/c1-3-18-13(16)14-10(11(14)12(15)17-2)9-7-5-4-6-8-9/h4-8,10-11H,3H2,1-2H3/t10-,11+,14?/m1/s1. The average Bonchev–Trinajstić information content (AvgIpc) is 3.14. The largest absolute Gasteiger partial charge is 0.467 e. The van der Waals surface area contributed by atoms with Crippen molar-refractivity contribution in [3.63, 3.8) is 0 Å². The predicted octanol–water partition coefficient (Wildman–Crippen LogP) is 1.74. The maximum Gasteiger partial charge on any atom is 0.411 e. The van der Waals surface area contributed by atoms with Crippen LogP contribution in [0, 0.1) is 0 Å².